The highest BCUT2D eigenvalue weighted by molar-refractivity contribution is 5.79. The topological polar surface area (TPSA) is 12.9 Å². The maximum atomic E-state index is 4.56. The van der Waals surface area contributed by atoms with Crippen LogP contribution < -0.4 is 0 Å². The van der Waals surface area contributed by atoms with E-state index in [0.717, 1.165) is 0 Å². The zero-order chi connectivity index (χ0) is 11.3. The van der Waals surface area contributed by atoms with Crippen molar-refractivity contribution >= 4 is 0 Å². The fraction of sp³-hybridized carbons (Fsp3) is 0.267. The summed E-state index contributed by atoms with van der Waals surface area (Å²) in [6, 6.07) is 10.9. The lowest BCUT2D eigenvalue weighted by Gasteiger charge is -2.19. The van der Waals surface area contributed by atoms with Crippen molar-refractivity contribution in [3.8, 4) is 11.1 Å². The van der Waals surface area contributed by atoms with Gasteiger partial charge in [-0.3, -0.25) is 4.98 Å². The predicted octanol–water partition coefficient (Wildman–Crippen LogP) is 3.70. The number of benzene rings is 1. The fourth-order valence-corrected chi connectivity index (χ4v) is 2.67. The van der Waals surface area contributed by atoms with Crippen LogP contribution in [0.15, 0.2) is 36.5 Å². The highest BCUT2D eigenvalue weighted by Crippen LogP contribution is 2.47. The summed E-state index contributed by atoms with van der Waals surface area (Å²) in [6.45, 7) is 6.64. The molecule has 1 aromatic carbocycles. The first-order chi connectivity index (χ1) is 7.60. The lowest BCUT2D eigenvalue weighted by Crippen LogP contribution is -2.16. The first-order valence-electron chi connectivity index (χ1n) is 5.68. The third kappa shape index (κ3) is 1.09. The summed E-state index contributed by atoms with van der Waals surface area (Å²) < 4.78 is 0. The van der Waals surface area contributed by atoms with Crippen LogP contribution in [-0.4, -0.2) is 4.98 Å². The Kier molecular flexibility index (Phi) is 1.76. The second kappa shape index (κ2) is 2.94. The van der Waals surface area contributed by atoms with E-state index in [1.54, 1.807) is 0 Å². The largest absolute Gasteiger partial charge is 0.260 e. The van der Waals surface area contributed by atoms with Crippen LogP contribution in [0.1, 0.15) is 30.7 Å². The lowest BCUT2D eigenvalue weighted by molar-refractivity contribution is 0.637. The number of hydrogen-bond acceptors (Lipinski definition) is 1. The third-order valence-electron chi connectivity index (χ3n) is 3.54. The van der Waals surface area contributed by atoms with Crippen molar-refractivity contribution in [3.05, 3.63) is 53.3 Å². The smallest absolute Gasteiger partial charge is 0.0582 e. The van der Waals surface area contributed by atoms with Crippen LogP contribution in [-0.2, 0) is 5.41 Å². The summed E-state index contributed by atoms with van der Waals surface area (Å²) in [7, 11) is 0. The Balaban J connectivity index is 2.40. The van der Waals surface area contributed by atoms with E-state index in [2.05, 4.69) is 50.0 Å². The summed E-state index contributed by atoms with van der Waals surface area (Å²) in [5, 5.41) is 0. The molecule has 1 nitrogen and oxygen atoms in total. The zero-order valence-corrected chi connectivity index (χ0v) is 9.91. The van der Waals surface area contributed by atoms with E-state index < -0.39 is 0 Å². The number of nitrogens with zero attached hydrogens (tertiary/aromatic N) is 1. The number of aryl methyl sites for hydroxylation is 1. The van der Waals surface area contributed by atoms with Gasteiger partial charge in [0, 0.05) is 17.2 Å². The standard InChI is InChI=1S/C15H15N/c1-10-6-7-13-12(9-10)11-5-4-8-16-14(11)15(13,2)3/h4-9H,1-3H3. The van der Waals surface area contributed by atoms with Gasteiger partial charge in [0.25, 0.3) is 0 Å². The van der Waals surface area contributed by atoms with E-state index in [9.17, 15) is 0 Å². The van der Waals surface area contributed by atoms with E-state index in [4.69, 9.17) is 0 Å². The molecule has 16 heavy (non-hydrogen) atoms. The molecule has 0 bridgehead atoms. The van der Waals surface area contributed by atoms with Gasteiger partial charge in [-0.1, -0.05) is 43.7 Å². The quantitative estimate of drug-likeness (QED) is 0.644. The molecule has 1 heterocycles. The summed E-state index contributed by atoms with van der Waals surface area (Å²) in [5.74, 6) is 0. The minimum absolute atomic E-state index is 0.0413. The van der Waals surface area contributed by atoms with Crippen molar-refractivity contribution in [2.75, 3.05) is 0 Å². The zero-order valence-electron chi connectivity index (χ0n) is 9.91. The molecule has 2 aromatic rings. The van der Waals surface area contributed by atoms with Crippen LogP contribution >= 0.6 is 0 Å². The molecule has 0 amide bonds. The van der Waals surface area contributed by atoms with Gasteiger partial charge in [0.2, 0.25) is 0 Å². The summed E-state index contributed by atoms with van der Waals surface area (Å²) in [4.78, 5) is 4.56. The van der Waals surface area contributed by atoms with Gasteiger partial charge in [-0.05, 0) is 24.1 Å². The molecule has 3 rings (SSSR count). The van der Waals surface area contributed by atoms with Crippen LogP contribution in [0.25, 0.3) is 11.1 Å². The van der Waals surface area contributed by atoms with Crippen molar-refractivity contribution in [1.29, 1.82) is 0 Å². The molecule has 1 heteroatoms. The van der Waals surface area contributed by atoms with Crippen LogP contribution in [0.2, 0.25) is 0 Å². The SMILES string of the molecule is Cc1ccc2c(c1)-c1cccnc1C2(C)C. The molecular weight excluding hydrogens is 194 g/mol. The van der Waals surface area contributed by atoms with Gasteiger partial charge in [0.15, 0.2) is 0 Å². The average molecular weight is 209 g/mol. The summed E-state index contributed by atoms with van der Waals surface area (Å²) in [6.07, 6.45) is 1.89. The fourth-order valence-electron chi connectivity index (χ4n) is 2.67. The Morgan fingerprint density at radius 1 is 1.06 bits per heavy atom. The molecule has 80 valence electrons. The molecule has 0 aliphatic heterocycles. The number of hydrogen-bond donors (Lipinski definition) is 0. The Labute approximate surface area is 96.2 Å². The van der Waals surface area contributed by atoms with Gasteiger partial charge < -0.3 is 0 Å². The van der Waals surface area contributed by atoms with Crippen LogP contribution in [0.3, 0.4) is 0 Å². The number of rotatable bonds is 0. The molecule has 1 aliphatic rings. The highest BCUT2D eigenvalue weighted by Gasteiger charge is 2.36. The monoisotopic (exact) mass is 209 g/mol. The van der Waals surface area contributed by atoms with E-state index in [1.165, 1.54) is 27.9 Å². The molecule has 0 fully saturated rings. The molecule has 1 aromatic heterocycles. The van der Waals surface area contributed by atoms with Gasteiger partial charge in [-0.15, -0.1) is 0 Å². The van der Waals surface area contributed by atoms with Gasteiger partial charge in [0.05, 0.1) is 5.69 Å². The molecule has 0 atom stereocenters. The first-order valence-corrected chi connectivity index (χ1v) is 5.68. The van der Waals surface area contributed by atoms with Crippen LogP contribution in [0.5, 0.6) is 0 Å². The summed E-state index contributed by atoms with van der Waals surface area (Å²) in [5.41, 5.74) is 6.60. The van der Waals surface area contributed by atoms with Crippen molar-refractivity contribution < 1.29 is 0 Å². The van der Waals surface area contributed by atoms with Gasteiger partial charge in [0.1, 0.15) is 0 Å². The van der Waals surface area contributed by atoms with E-state index in [1.807, 2.05) is 12.3 Å². The average Bonchev–Trinajstić information content (AvgIpc) is 2.49. The first kappa shape index (κ1) is 9.59. The second-order valence-electron chi connectivity index (χ2n) is 5.07. The van der Waals surface area contributed by atoms with E-state index in [-0.39, 0.29) is 5.41 Å². The molecule has 0 spiro atoms. The second-order valence-corrected chi connectivity index (χ2v) is 5.07. The molecule has 0 unspecified atom stereocenters. The molecule has 1 aliphatic carbocycles. The maximum Gasteiger partial charge on any atom is 0.0582 e. The highest BCUT2D eigenvalue weighted by atomic mass is 14.7. The van der Waals surface area contributed by atoms with Gasteiger partial charge >= 0.3 is 0 Å². The van der Waals surface area contributed by atoms with E-state index >= 15 is 0 Å². The van der Waals surface area contributed by atoms with Crippen LogP contribution in [0.4, 0.5) is 0 Å². The number of aromatic nitrogens is 1. The van der Waals surface area contributed by atoms with Crippen molar-refractivity contribution in [1.82, 2.24) is 4.98 Å². The maximum absolute atomic E-state index is 4.56. The van der Waals surface area contributed by atoms with Crippen molar-refractivity contribution in [3.63, 3.8) is 0 Å². The Hall–Kier alpha value is -1.63. The van der Waals surface area contributed by atoms with E-state index in [0.29, 0.717) is 0 Å². The molecule has 0 saturated carbocycles. The van der Waals surface area contributed by atoms with Gasteiger partial charge in [-0.25, -0.2) is 0 Å². The molecule has 0 radical (unpaired) electrons. The number of fused-ring (bicyclic) bond motifs is 3. The molecular formula is C15H15N. The van der Waals surface area contributed by atoms with Gasteiger partial charge in [-0.2, -0.15) is 0 Å². The minimum Gasteiger partial charge on any atom is -0.260 e. The summed E-state index contributed by atoms with van der Waals surface area (Å²) >= 11 is 0. The Bertz CT molecular complexity index is 567. The predicted molar refractivity (Wildman–Crippen MR) is 66.5 cm³/mol. The Morgan fingerprint density at radius 3 is 2.69 bits per heavy atom. The third-order valence-corrected chi connectivity index (χ3v) is 3.54. The Morgan fingerprint density at radius 2 is 1.88 bits per heavy atom. The lowest BCUT2D eigenvalue weighted by atomic mass is 9.85. The normalized spacial score (nSPS) is 15.7. The molecule has 0 saturated heterocycles. The number of pyridine rings is 1. The molecule has 0 N–H and O–H groups in total. The van der Waals surface area contributed by atoms with Crippen molar-refractivity contribution in [2.24, 2.45) is 0 Å². The minimum atomic E-state index is 0.0413. The van der Waals surface area contributed by atoms with Crippen molar-refractivity contribution in [2.45, 2.75) is 26.2 Å². The van der Waals surface area contributed by atoms with Crippen LogP contribution in [0, 0.1) is 6.92 Å².